The van der Waals surface area contributed by atoms with E-state index in [-0.39, 0.29) is 0 Å². The molecule has 1 nitrogen and oxygen atoms in total. The summed E-state index contributed by atoms with van der Waals surface area (Å²) in [7, 11) is 0. The molecule has 0 N–H and O–H groups in total. The van der Waals surface area contributed by atoms with Crippen molar-refractivity contribution in [2.45, 2.75) is 51.0 Å². The molecule has 0 spiro atoms. The zero-order valence-electron chi connectivity index (χ0n) is 12.3. The number of thioether (sulfide) groups is 1. The van der Waals surface area contributed by atoms with Gasteiger partial charge in [0.05, 0.1) is 11.6 Å². The topological polar surface area (TPSA) is 3.24 Å². The molecule has 0 saturated heterocycles. The lowest BCUT2D eigenvalue weighted by molar-refractivity contribution is 0.194. The summed E-state index contributed by atoms with van der Waals surface area (Å²) < 4.78 is 0. The third kappa shape index (κ3) is 2.52. The first kappa shape index (κ1) is 13.4. The first-order chi connectivity index (χ1) is 9.16. The summed E-state index contributed by atoms with van der Waals surface area (Å²) >= 11 is 2.01. The Hall–Kier alpha value is -0.630. The molecule has 3 rings (SSSR count). The van der Waals surface area contributed by atoms with Gasteiger partial charge in [-0.05, 0) is 42.7 Å². The Morgan fingerprint density at radius 2 is 2.00 bits per heavy atom. The average Bonchev–Trinajstić information content (AvgIpc) is 2.82. The van der Waals surface area contributed by atoms with Gasteiger partial charge in [0.2, 0.25) is 0 Å². The monoisotopic (exact) mass is 275 g/mol. The summed E-state index contributed by atoms with van der Waals surface area (Å²) in [5.41, 5.74) is 1.48. The molecule has 1 heterocycles. The van der Waals surface area contributed by atoms with Gasteiger partial charge in [0, 0.05) is 10.9 Å². The van der Waals surface area contributed by atoms with E-state index in [1.54, 1.807) is 0 Å². The summed E-state index contributed by atoms with van der Waals surface area (Å²) in [5, 5.41) is 0. The maximum absolute atomic E-state index is 2.69. The van der Waals surface area contributed by atoms with Gasteiger partial charge in [0.25, 0.3) is 0 Å². The highest BCUT2D eigenvalue weighted by Crippen LogP contribution is 2.45. The van der Waals surface area contributed by atoms with E-state index in [4.69, 9.17) is 0 Å². The predicted octanol–water partition coefficient (Wildman–Crippen LogP) is 5.02. The van der Waals surface area contributed by atoms with Gasteiger partial charge in [-0.15, -0.1) is 11.8 Å². The van der Waals surface area contributed by atoms with Gasteiger partial charge in [-0.1, -0.05) is 39.3 Å². The van der Waals surface area contributed by atoms with Crippen LogP contribution in [0.4, 0.5) is 5.69 Å². The number of rotatable bonds is 2. The summed E-state index contributed by atoms with van der Waals surface area (Å²) in [6.45, 7) is 7.24. The Morgan fingerprint density at radius 1 is 1.21 bits per heavy atom. The summed E-state index contributed by atoms with van der Waals surface area (Å²) in [5.74, 6) is 3.70. The van der Waals surface area contributed by atoms with Crippen LogP contribution in [0.15, 0.2) is 29.2 Å². The molecule has 1 aliphatic carbocycles. The minimum Gasteiger partial charge on any atom is -0.358 e. The number of fused-ring (bicyclic) bond motifs is 1. The Morgan fingerprint density at radius 3 is 2.79 bits per heavy atom. The number of hydrogen-bond acceptors (Lipinski definition) is 2. The van der Waals surface area contributed by atoms with Crippen LogP contribution in [0.3, 0.4) is 0 Å². The normalized spacial score (nSPS) is 30.7. The van der Waals surface area contributed by atoms with Crippen molar-refractivity contribution in [3.8, 4) is 0 Å². The summed E-state index contributed by atoms with van der Waals surface area (Å²) in [6, 6.07) is 9.69. The molecular weight excluding hydrogens is 250 g/mol. The fraction of sp³-hybridized carbons (Fsp3) is 0.647. The van der Waals surface area contributed by atoms with Crippen molar-refractivity contribution in [3.63, 3.8) is 0 Å². The number of anilines is 1. The van der Waals surface area contributed by atoms with Crippen LogP contribution in [0.5, 0.6) is 0 Å². The molecule has 1 aliphatic heterocycles. The first-order valence-electron chi connectivity index (χ1n) is 7.65. The first-order valence-corrected chi connectivity index (χ1v) is 8.64. The highest BCUT2D eigenvalue weighted by atomic mass is 32.2. The van der Waals surface area contributed by atoms with Crippen molar-refractivity contribution in [2.24, 2.45) is 17.8 Å². The van der Waals surface area contributed by atoms with Gasteiger partial charge in [-0.25, -0.2) is 0 Å². The van der Waals surface area contributed by atoms with E-state index in [1.807, 2.05) is 11.8 Å². The van der Waals surface area contributed by atoms with Gasteiger partial charge in [-0.2, -0.15) is 0 Å². The molecule has 19 heavy (non-hydrogen) atoms. The molecule has 2 aliphatic rings. The minimum absolute atomic E-state index is 0.750. The van der Waals surface area contributed by atoms with Gasteiger partial charge >= 0.3 is 0 Å². The maximum Gasteiger partial charge on any atom is 0.0690 e. The van der Waals surface area contributed by atoms with Crippen molar-refractivity contribution in [2.75, 3.05) is 10.8 Å². The maximum atomic E-state index is 2.69. The zero-order chi connectivity index (χ0) is 13.4. The quantitative estimate of drug-likeness (QED) is 0.746. The lowest BCUT2D eigenvalue weighted by atomic mass is 9.73. The molecule has 0 bridgehead atoms. The van der Waals surface area contributed by atoms with Crippen LogP contribution in [-0.4, -0.2) is 11.9 Å². The van der Waals surface area contributed by atoms with Crippen molar-refractivity contribution < 1.29 is 0 Å². The van der Waals surface area contributed by atoms with Crippen LogP contribution in [0, 0.1) is 17.8 Å². The number of benzene rings is 1. The molecule has 1 fully saturated rings. The van der Waals surface area contributed by atoms with E-state index in [0.717, 1.165) is 29.7 Å². The number of para-hydroxylation sites is 1. The largest absolute Gasteiger partial charge is 0.358 e. The third-order valence-corrected chi connectivity index (χ3v) is 5.98. The van der Waals surface area contributed by atoms with Gasteiger partial charge in [0.1, 0.15) is 0 Å². The average molecular weight is 275 g/mol. The Balaban J connectivity index is 1.87. The van der Waals surface area contributed by atoms with Gasteiger partial charge < -0.3 is 4.90 Å². The molecule has 0 amide bonds. The lowest BCUT2D eigenvalue weighted by Crippen LogP contribution is -2.45. The van der Waals surface area contributed by atoms with E-state index in [0.29, 0.717) is 0 Å². The molecule has 2 heteroatoms. The second-order valence-corrected chi connectivity index (χ2v) is 7.59. The van der Waals surface area contributed by atoms with E-state index >= 15 is 0 Å². The van der Waals surface area contributed by atoms with Crippen molar-refractivity contribution in [1.29, 1.82) is 0 Å². The predicted molar refractivity (Wildman–Crippen MR) is 84.8 cm³/mol. The smallest absolute Gasteiger partial charge is 0.0690 e. The molecule has 3 atom stereocenters. The molecule has 1 aromatic carbocycles. The van der Waals surface area contributed by atoms with Crippen molar-refractivity contribution in [3.05, 3.63) is 24.3 Å². The van der Waals surface area contributed by atoms with Crippen molar-refractivity contribution >= 4 is 17.4 Å². The molecule has 3 unspecified atom stereocenters. The van der Waals surface area contributed by atoms with Crippen molar-refractivity contribution in [1.82, 2.24) is 0 Å². The van der Waals surface area contributed by atoms with Crippen LogP contribution in [-0.2, 0) is 0 Å². The standard InChI is InChI=1S/C17H25NS/c1-12(2)14-9-8-13(3)10-16(14)18-11-19-17-7-5-4-6-15(17)18/h4-7,12-14,16H,8-11H2,1-3H3. The van der Waals surface area contributed by atoms with Gasteiger partial charge in [-0.3, -0.25) is 0 Å². The van der Waals surface area contributed by atoms with Gasteiger partial charge in [0.15, 0.2) is 0 Å². The fourth-order valence-corrected chi connectivity index (χ4v) is 4.93. The molecule has 0 aromatic heterocycles. The molecule has 0 radical (unpaired) electrons. The fourth-order valence-electron chi connectivity index (χ4n) is 3.81. The zero-order valence-corrected chi connectivity index (χ0v) is 13.1. The summed E-state index contributed by atoms with van der Waals surface area (Å²) in [6.07, 6.45) is 4.20. The van der Waals surface area contributed by atoms with Crippen LogP contribution in [0.2, 0.25) is 0 Å². The van der Waals surface area contributed by atoms with Crippen LogP contribution >= 0.6 is 11.8 Å². The van der Waals surface area contributed by atoms with E-state index in [9.17, 15) is 0 Å². The molecule has 1 saturated carbocycles. The second kappa shape index (κ2) is 5.40. The third-order valence-electron chi connectivity index (χ3n) is 4.92. The van der Waals surface area contributed by atoms with E-state index in [2.05, 4.69) is 49.9 Å². The van der Waals surface area contributed by atoms with Crippen LogP contribution < -0.4 is 4.90 Å². The lowest BCUT2D eigenvalue weighted by Gasteiger charge is -2.43. The molecule has 1 aromatic rings. The van der Waals surface area contributed by atoms with Crippen LogP contribution in [0.25, 0.3) is 0 Å². The number of hydrogen-bond donors (Lipinski definition) is 0. The molecule has 104 valence electrons. The Labute approximate surface area is 121 Å². The van der Waals surface area contributed by atoms with E-state index in [1.165, 1.54) is 29.8 Å². The second-order valence-electron chi connectivity index (χ2n) is 6.60. The molecular formula is C17H25NS. The minimum atomic E-state index is 0.750. The highest BCUT2D eigenvalue weighted by molar-refractivity contribution is 7.99. The van der Waals surface area contributed by atoms with E-state index < -0.39 is 0 Å². The Kier molecular flexibility index (Phi) is 3.79. The highest BCUT2D eigenvalue weighted by Gasteiger charge is 2.37. The summed E-state index contributed by atoms with van der Waals surface area (Å²) in [4.78, 5) is 4.17. The SMILES string of the molecule is CC1CCC(C(C)C)C(N2CSc3ccccc32)C1. The van der Waals surface area contributed by atoms with Crippen LogP contribution in [0.1, 0.15) is 40.0 Å². The number of nitrogens with zero attached hydrogens (tertiary/aromatic N) is 1. The Bertz CT molecular complexity index is 443.